The van der Waals surface area contributed by atoms with E-state index in [9.17, 15) is 10.2 Å². The maximum absolute atomic E-state index is 12.1. The van der Waals surface area contributed by atoms with Crippen LogP contribution in [0.15, 0.2) is 11.8 Å². The number of rotatable bonds is 1. The lowest BCUT2D eigenvalue weighted by atomic mass is 9.43. The summed E-state index contributed by atoms with van der Waals surface area (Å²) < 4.78 is 5.74. The van der Waals surface area contributed by atoms with Gasteiger partial charge in [-0.15, -0.1) is 0 Å². The minimum absolute atomic E-state index is 0.109. The van der Waals surface area contributed by atoms with Gasteiger partial charge in [-0.3, -0.25) is 0 Å². The third-order valence-corrected chi connectivity index (χ3v) is 11.0. The highest BCUT2D eigenvalue weighted by atomic mass is 16.5. The Hall–Kier alpha value is -0.540. The van der Waals surface area contributed by atoms with E-state index in [1.807, 2.05) is 6.08 Å². The van der Waals surface area contributed by atoms with Crippen molar-refractivity contribution >= 4 is 0 Å². The first-order valence-corrected chi connectivity index (χ1v) is 10.5. The van der Waals surface area contributed by atoms with Crippen LogP contribution >= 0.6 is 0 Å². The number of ether oxygens (including phenoxy) is 1. The van der Waals surface area contributed by atoms with E-state index < -0.39 is 5.60 Å². The molecule has 10 unspecified atom stereocenters. The van der Waals surface area contributed by atoms with Crippen LogP contribution in [0.2, 0.25) is 0 Å². The Labute approximate surface area is 150 Å². The lowest BCUT2D eigenvalue weighted by Gasteiger charge is -2.61. The van der Waals surface area contributed by atoms with Gasteiger partial charge in [0.15, 0.2) is 0 Å². The first-order chi connectivity index (χ1) is 11.8. The van der Waals surface area contributed by atoms with E-state index in [0.29, 0.717) is 23.0 Å². The zero-order valence-electron chi connectivity index (χ0n) is 15.8. The largest absolute Gasteiger partial charge is 0.512 e. The van der Waals surface area contributed by atoms with Crippen LogP contribution in [0.25, 0.3) is 0 Å². The smallest absolute Gasteiger partial charge is 0.110 e. The number of fused-ring (bicyclic) bond motifs is 3. The zero-order valence-corrected chi connectivity index (χ0v) is 15.8. The molecule has 0 heterocycles. The fourth-order valence-electron chi connectivity index (χ4n) is 10.3. The standard InChI is InChI=1S/C22H32O3/c1-19-11-13-8-14-5-4-12-6-7-21(14,10-12)20(19,2)17(13)18-15(23)9-16(25-3)22(18,19)24/h9,12-14,16-18,23-24H,4-8,10-11H2,1-3H3. The number of aliphatic hydroxyl groups excluding tert-OH is 1. The Morgan fingerprint density at radius 3 is 2.72 bits per heavy atom. The Balaban J connectivity index is 1.60. The summed E-state index contributed by atoms with van der Waals surface area (Å²) in [6, 6.07) is 0. The van der Waals surface area contributed by atoms with E-state index in [2.05, 4.69) is 13.8 Å². The molecule has 6 rings (SSSR count). The molecule has 1 spiro atoms. The minimum atomic E-state index is -0.930. The van der Waals surface area contributed by atoms with Crippen LogP contribution in [0, 0.1) is 45.8 Å². The van der Waals surface area contributed by atoms with Crippen molar-refractivity contribution in [2.75, 3.05) is 7.11 Å². The van der Waals surface area contributed by atoms with Crippen molar-refractivity contribution in [3.8, 4) is 0 Å². The highest BCUT2D eigenvalue weighted by Crippen LogP contribution is 2.88. The third kappa shape index (κ3) is 1.24. The van der Waals surface area contributed by atoms with Crippen molar-refractivity contribution in [2.45, 2.75) is 70.5 Å². The predicted molar refractivity (Wildman–Crippen MR) is 94.9 cm³/mol. The van der Waals surface area contributed by atoms with Crippen molar-refractivity contribution in [2.24, 2.45) is 45.8 Å². The zero-order chi connectivity index (χ0) is 17.4. The molecule has 0 aliphatic heterocycles. The van der Waals surface area contributed by atoms with Gasteiger partial charge in [0.25, 0.3) is 0 Å². The van der Waals surface area contributed by atoms with Crippen LogP contribution < -0.4 is 0 Å². The molecule has 0 aromatic carbocycles. The van der Waals surface area contributed by atoms with Crippen molar-refractivity contribution in [1.82, 2.24) is 0 Å². The van der Waals surface area contributed by atoms with Crippen LogP contribution in [-0.2, 0) is 4.74 Å². The lowest BCUT2D eigenvalue weighted by molar-refractivity contribution is -0.187. The molecule has 5 fully saturated rings. The SMILES string of the molecule is COC1C=C(O)C2C3C4CC5CCC6CCC5(C6)C3(C)C(C)(C4)C12O. The number of aliphatic hydroxyl groups is 2. The first-order valence-electron chi connectivity index (χ1n) is 10.5. The van der Waals surface area contributed by atoms with Gasteiger partial charge in [0.1, 0.15) is 11.7 Å². The number of methoxy groups -OCH3 is 1. The molecule has 0 amide bonds. The molecule has 2 N–H and O–H groups in total. The van der Waals surface area contributed by atoms with E-state index in [1.165, 1.54) is 38.5 Å². The van der Waals surface area contributed by atoms with Crippen LogP contribution in [0.3, 0.4) is 0 Å². The second kappa shape index (κ2) is 4.14. The van der Waals surface area contributed by atoms with Gasteiger partial charge in [-0.1, -0.05) is 20.3 Å². The van der Waals surface area contributed by atoms with Gasteiger partial charge >= 0.3 is 0 Å². The van der Waals surface area contributed by atoms with Crippen molar-refractivity contribution < 1.29 is 14.9 Å². The highest BCUT2D eigenvalue weighted by Gasteiger charge is 2.87. The maximum Gasteiger partial charge on any atom is 0.110 e. The van der Waals surface area contributed by atoms with Gasteiger partial charge in [-0.2, -0.15) is 0 Å². The molecule has 0 radical (unpaired) electrons. The summed E-state index contributed by atoms with van der Waals surface area (Å²) in [4.78, 5) is 0. The van der Waals surface area contributed by atoms with Crippen LogP contribution in [0.5, 0.6) is 0 Å². The van der Waals surface area contributed by atoms with E-state index in [-0.39, 0.29) is 22.9 Å². The van der Waals surface area contributed by atoms with Crippen LogP contribution in [-0.4, -0.2) is 29.0 Å². The average molecular weight is 344 g/mol. The molecule has 10 atom stereocenters. The third-order valence-electron chi connectivity index (χ3n) is 11.0. The van der Waals surface area contributed by atoms with Crippen LogP contribution in [0.1, 0.15) is 58.8 Å². The molecule has 25 heavy (non-hydrogen) atoms. The molecular formula is C22H32O3. The molecule has 5 saturated carbocycles. The second-order valence-corrected chi connectivity index (χ2v) is 10.9. The average Bonchev–Trinajstić information content (AvgIpc) is 3.16. The number of hydrogen-bond donors (Lipinski definition) is 2. The molecule has 3 heteroatoms. The highest BCUT2D eigenvalue weighted by molar-refractivity contribution is 5.41. The molecule has 0 aromatic heterocycles. The molecule has 6 aliphatic rings. The summed E-state index contributed by atoms with van der Waals surface area (Å²) in [5, 5.41) is 23.0. The summed E-state index contributed by atoms with van der Waals surface area (Å²) >= 11 is 0. The minimum Gasteiger partial charge on any atom is -0.512 e. The Morgan fingerprint density at radius 2 is 1.96 bits per heavy atom. The summed E-state index contributed by atoms with van der Waals surface area (Å²) in [6.45, 7) is 4.88. The monoisotopic (exact) mass is 344 g/mol. The fraction of sp³-hybridized carbons (Fsp3) is 0.909. The van der Waals surface area contributed by atoms with Gasteiger partial charge in [-0.05, 0) is 79.1 Å². The normalized spacial score (nSPS) is 66.5. The predicted octanol–water partition coefficient (Wildman–Crippen LogP) is 4.07. The van der Waals surface area contributed by atoms with E-state index in [4.69, 9.17) is 4.74 Å². The summed E-state index contributed by atoms with van der Waals surface area (Å²) in [6.07, 6.45) is 10.8. The Kier molecular flexibility index (Phi) is 2.57. The summed E-state index contributed by atoms with van der Waals surface area (Å²) in [5.74, 6) is 3.15. The topological polar surface area (TPSA) is 49.7 Å². The van der Waals surface area contributed by atoms with Gasteiger partial charge in [0.05, 0.1) is 11.7 Å². The molecule has 6 aliphatic carbocycles. The van der Waals surface area contributed by atoms with Crippen molar-refractivity contribution in [3.63, 3.8) is 0 Å². The van der Waals surface area contributed by atoms with E-state index in [0.717, 1.165) is 18.3 Å². The quantitative estimate of drug-likeness (QED) is 0.754. The van der Waals surface area contributed by atoms with E-state index in [1.54, 1.807) is 7.11 Å². The summed E-state index contributed by atoms with van der Waals surface area (Å²) in [7, 11) is 1.69. The Bertz CT molecular complexity index is 687. The summed E-state index contributed by atoms with van der Waals surface area (Å²) in [5.41, 5.74) is -0.578. The lowest BCUT2D eigenvalue weighted by Crippen LogP contribution is -2.60. The molecule has 3 nitrogen and oxygen atoms in total. The molecular weight excluding hydrogens is 312 g/mol. The maximum atomic E-state index is 12.1. The molecule has 6 bridgehead atoms. The first kappa shape index (κ1) is 15.5. The van der Waals surface area contributed by atoms with Gasteiger partial charge in [0, 0.05) is 12.5 Å². The van der Waals surface area contributed by atoms with Gasteiger partial charge in [-0.25, -0.2) is 0 Å². The van der Waals surface area contributed by atoms with Gasteiger partial charge < -0.3 is 14.9 Å². The molecule has 0 saturated heterocycles. The van der Waals surface area contributed by atoms with E-state index >= 15 is 0 Å². The van der Waals surface area contributed by atoms with Crippen molar-refractivity contribution in [3.05, 3.63) is 11.8 Å². The Morgan fingerprint density at radius 1 is 1.16 bits per heavy atom. The van der Waals surface area contributed by atoms with Crippen molar-refractivity contribution in [1.29, 1.82) is 0 Å². The second-order valence-electron chi connectivity index (χ2n) is 10.9. The van der Waals surface area contributed by atoms with Crippen LogP contribution in [0.4, 0.5) is 0 Å². The van der Waals surface area contributed by atoms with Gasteiger partial charge in [0.2, 0.25) is 0 Å². The molecule has 0 aromatic rings. The number of hydrogen-bond acceptors (Lipinski definition) is 3. The fourth-order valence-corrected chi connectivity index (χ4v) is 10.3. The molecule has 138 valence electrons.